The quantitative estimate of drug-likeness (QED) is 0.424. The zero-order valence-corrected chi connectivity index (χ0v) is 17.8. The Morgan fingerprint density at radius 2 is 1.88 bits per heavy atom. The van der Waals surface area contributed by atoms with E-state index in [0.717, 1.165) is 5.56 Å². The third-order valence-electron chi connectivity index (χ3n) is 5.38. The molecule has 1 saturated heterocycles. The highest BCUT2D eigenvalue weighted by Gasteiger charge is 2.23. The zero-order valence-electron chi connectivity index (χ0n) is 17.8. The van der Waals surface area contributed by atoms with E-state index in [9.17, 15) is 14.9 Å². The summed E-state index contributed by atoms with van der Waals surface area (Å²) < 4.78 is 5.77. The maximum Gasteiger partial charge on any atom is 0.287 e. The van der Waals surface area contributed by atoms with E-state index in [-0.39, 0.29) is 18.2 Å². The normalized spacial score (nSPS) is 13.3. The summed E-state index contributed by atoms with van der Waals surface area (Å²) >= 11 is 0. The van der Waals surface area contributed by atoms with E-state index >= 15 is 0 Å². The van der Waals surface area contributed by atoms with Crippen molar-refractivity contribution in [2.75, 3.05) is 31.1 Å². The zero-order chi connectivity index (χ0) is 23.2. The van der Waals surface area contributed by atoms with Crippen LogP contribution in [0.15, 0.2) is 66.9 Å². The molecule has 0 saturated carbocycles. The predicted octanol–water partition coefficient (Wildman–Crippen LogP) is 3.40. The first-order chi connectivity index (χ1) is 16.0. The molecule has 0 spiro atoms. The van der Waals surface area contributed by atoms with Gasteiger partial charge in [0.05, 0.1) is 16.6 Å². The van der Waals surface area contributed by atoms with Gasteiger partial charge in [0, 0.05) is 37.8 Å². The Bertz CT molecular complexity index is 1200. The monoisotopic (exact) mass is 443 g/mol. The van der Waals surface area contributed by atoms with E-state index in [1.165, 1.54) is 12.3 Å². The van der Waals surface area contributed by atoms with Crippen LogP contribution in [0.3, 0.4) is 0 Å². The average Bonchev–Trinajstić information content (AvgIpc) is 2.87. The van der Waals surface area contributed by atoms with Crippen molar-refractivity contribution in [1.82, 2.24) is 9.88 Å². The molecular weight excluding hydrogens is 422 g/mol. The number of hydrogen-bond donors (Lipinski definition) is 0. The molecule has 0 bridgehead atoms. The van der Waals surface area contributed by atoms with Gasteiger partial charge < -0.3 is 14.5 Å². The third kappa shape index (κ3) is 5.25. The van der Waals surface area contributed by atoms with E-state index in [4.69, 9.17) is 10.00 Å². The summed E-state index contributed by atoms with van der Waals surface area (Å²) in [5.74, 6) is 1.20. The number of pyridine rings is 1. The minimum atomic E-state index is -0.476. The summed E-state index contributed by atoms with van der Waals surface area (Å²) in [6.07, 6.45) is 1.25. The lowest BCUT2D eigenvalue weighted by molar-refractivity contribution is -0.385. The van der Waals surface area contributed by atoms with E-state index in [2.05, 4.69) is 11.1 Å². The van der Waals surface area contributed by atoms with Crippen molar-refractivity contribution in [2.45, 2.75) is 6.61 Å². The predicted molar refractivity (Wildman–Crippen MR) is 121 cm³/mol. The molecule has 1 aromatic heterocycles. The van der Waals surface area contributed by atoms with E-state index in [1.54, 1.807) is 41.3 Å². The highest BCUT2D eigenvalue weighted by atomic mass is 16.6. The first kappa shape index (κ1) is 21.8. The van der Waals surface area contributed by atoms with E-state index in [1.807, 2.05) is 23.1 Å². The SMILES string of the molecule is N#Cc1cccc(OCc2cccc(C(=O)N3CCN(c4ccc([N+](=O)[O-])cn4)CC3)c2)c1. The van der Waals surface area contributed by atoms with Crippen LogP contribution >= 0.6 is 0 Å². The number of nitriles is 1. The fourth-order valence-corrected chi connectivity index (χ4v) is 3.61. The van der Waals surface area contributed by atoms with Gasteiger partial charge in [-0.1, -0.05) is 18.2 Å². The largest absolute Gasteiger partial charge is 0.489 e. The fraction of sp³-hybridized carbons (Fsp3) is 0.208. The lowest BCUT2D eigenvalue weighted by Crippen LogP contribution is -2.49. The molecule has 166 valence electrons. The number of amides is 1. The fourth-order valence-electron chi connectivity index (χ4n) is 3.61. The molecular formula is C24H21N5O4. The van der Waals surface area contributed by atoms with Crippen LogP contribution in [0.2, 0.25) is 0 Å². The number of aromatic nitrogens is 1. The molecule has 4 rings (SSSR count). The van der Waals surface area contributed by atoms with Gasteiger partial charge in [-0.2, -0.15) is 5.26 Å². The molecule has 1 amide bonds. The number of carbonyl (C=O) groups is 1. The first-order valence-electron chi connectivity index (χ1n) is 10.4. The van der Waals surface area contributed by atoms with Crippen molar-refractivity contribution in [3.05, 3.63) is 93.7 Å². The van der Waals surface area contributed by atoms with Gasteiger partial charge in [-0.05, 0) is 42.0 Å². The van der Waals surface area contributed by atoms with Gasteiger partial charge in [-0.3, -0.25) is 14.9 Å². The van der Waals surface area contributed by atoms with Crippen molar-refractivity contribution < 1.29 is 14.5 Å². The number of ether oxygens (including phenoxy) is 1. The second-order valence-corrected chi connectivity index (χ2v) is 7.54. The Morgan fingerprint density at radius 1 is 1.09 bits per heavy atom. The van der Waals surface area contributed by atoms with Crippen molar-refractivity contribution >= 4 is 17.4 Å². The van der Waals surface area contributed by atoms with Crippen molar-refractivity contribution in [1.29, 1.82) is 5.26 Å². The Balaban J connectivity index is 1.35. The smallest absolute Gasteiger partial charge is 0.287 e. The highest BCUT2D eigenvalue weighted by molar-refractivity contribution is 5.94. The first-order valence-corrected chi connectivity index (χ1v) is 10.4. The topological polar surface area (TPSA) is 113 Å². The van der Waals surface area contributed by atoms with Gasteiger partial charge in [0.15, 0.2) is 0 Å². The molecule has 0 radical (unpaired) electrons. The number of carbonyl (C=O) groups excluding carboxylic acids is 1. The molecule has 1 aliphatic heterocycles. The number of benzene rings is 2. The van der Waals surface area contributed by atoms with Crippen LogP contribution in [0.25, 0.3) is 0 Å². The molecule has 2 heterocycles. The number of rotatable bonds is 6. The van der Waals surface area contributed by atoms with Crippen LogP contribution in [0.4, 0.5) is 11.5 Å². The van der Waals surface area contributed by atoms with Gasteiger partial charge in [0.2, 0.25) is 0 Å². The Hall–Kier alpha value is -4.45. The molecule has 1 aliphatic rings. The summed E-state index contributed by atoms with van der Waals surface area (Å²) in [7, 11) is 0. The minimum absolute atomic E-state index is 0.0470. The molecule has 0 N–H and O–H groups in total. The van der Waals surface area contributed by atoms with Gasteiger partial charge >= 0.3 is 0 Å². The van der Waals surface area contributed by atoms with Crippen molar-refractivity contribution in [2.24, 2.45) is 0 Å². The van der Waals surface area contributed by atoms with Crippen LogP contribution in [0, 0.1) is 21.4 Å². The molecule has 0 aliphatic carbocycles. The number of nitro groups is 1. The van der Waals surface area contributed by atoms with Gasteiger partial charge in [0.1, 0.15) is 24.4 Å². The van der Waals surface area contributed by atoms with Crippen LogP contribution < -0.4 is 9.64 Å². The summed E-state index contributed by atoms with van der Waals surface area (Å²) in [6.45, 7) is 2.52. The molecule has 2 aromatic carbocycles. The van der Waals surface area contributed by atoms with Crippen LogP contribution in [0.1, 0.15) is 21.5 Å². The Kier molecular flexibility index (Phi) is 6.45. The van der Waals surface area contributed by atoms with E-state index in [0.29, 0.717) is 48.9 Å². The maximum absolute atomic E-state index is 13.0. The number of piperazine rings is 1. The third-order valence-corrected chi connectivity index (χ3v) is 5.38. The summed E-state index contributed by atoms with van der Waals surface area (Å²) in [5.41, 5.74) is 1.93. The van der Waals surface area contributed by atoms with Crippen molar-refractivity contribution in [3.8, 4) is 11.8 Å². The standard InChI is InChI=1S/C24H21N5O4/c25-15-18-3-2-6-22(14-18)33-17-19-4-1-5-20(13-19)24(30)28-11-9-27(10-12-28)23-8-7-21(16-26-23)29(31)32/h1-8,13-14,16H,9-12,17H2. The molecule has 9 nitrogen and oxygen atoms in total. The molecule has 9 heteroatoms. The molecule has 1 fully saturated rings. The number of hydrogen-bond acceptors (Lipinski definition) is 7. The number of nitrogens with zero attached hydrogens (tertiary/aromatic N) is 5. The molecule has 0 atom stereocenters. The molecule has 3 aromatic rings. The summed E-state index contributed by atoms with van der Waals surface area (Å²) in [6, 6.07) is 19.4. The second-order valence-electron chi connectivity index (χ2n) is 7.54. The lowest BCUT2D eigenvalue weighted by Gasteiger charge is -2.35. The van der Waals surface area contributed by atoms with Crippen molar-refractivity contribution in [3.63, 3.8) is 0 Å². The van der Waals surface area contributed by atoms with Crippen LogP contribution in [0.5, 0.6) is 5.75 Å². The lowest BCUT2D eigenvalue weighted by atomic mass is 10.1. The Labute approximate surface area is 190 Å². The minimum Gasteiger partial charge on any atom is -0.489 e. The summed E-state index contributed by atoms with van der Waals surface area (Å²) in [5, 5.41) is 19.8. The molecule has 0 unspecified atom stereocenters. The van der Waals surface area contributed by atoms with Gasteiger partial charge in [-0.15, -0.1) is 0 Å². The maximum atomic E-state index is 13.0. The Morgan fingerprint density at radius 3 is 2.58 bits per heavy atom. The summed E-state index contributed by atoms with van der Waals surface area (Å²) in [4.78, 5) is 31.3. The van der Waals surface area contributed by atoms with Crippen LogP contribution in [-0.2, 0) is 6.61 Å². The second kappa shape index (κ2) is 9.78. The number of anilines is 1. The van der Waals surface area contributed by atoms with Gasteiger partial charge in [-0.25, -0.2) is 4.98 Å². The van der Waals surface area contributed by atoms with Gasteiger partial charge in [0.25, 0.3) is 11.6 Å². The van der Waals surface area contributed by atoms with Crippen LogP contribution in [-0.4, -0.2) is 46.9 Å². The molecule has 33 heavy (non-hydrogen) atoms. The van der Waals surface area contributed by atoms with E-state index < -0.39 is 4.92 Å². The average molecular weight is 443 g/mol. The highest BCUT2D eigenvalue weighted by Crippen LogP contribution is 2.19.